The molecule has 2 atom stereocenters. The first kappa shape index (κ1) is 13.0. The molecule has 3 nitrogen and oxygen atoms in total. The van der Waals surface area contributed by atoms with Crippen LogP contribution in [-0.2, 0) is 0 Å². The fourth-order valence-electron chi connectivity index (χ4n) is 1.81. The minimum absolute atomic E-state index is 0.235. The van der Waals surface area contributed by atoms with E-state index in [0.717, 1.165) is 24.0 Å². The Hall–Kier alpha value is -1.06. The summed E-state index contributed by atoms with van der Waals surface area (Å²) in [7, 11) is 1.60. The lowest BCUT2D eigenvalue weighted by Crippen LogP contribution is -2.28. The van der Waals surface area contributed by atoms with Crippen molar-refractivity contribution in [2.45, 2.75) is 38.8 Å². The standard InChI is InChI=1S/C13H21NO2/c1-4-5-11(14)13(15)10-8-9(2)6-7-12(10)16-3/h6-8,11,13,15H,4-5,14H2,1-3H3. The van der Waals surface area contributed by atoms with Crippen LogP contribution < -0.4 is 10.5 Å². The van der Waals surface area contributed by atoms with E-state index in [1.165, 1.54) is 0 Å². The second-order valence-corrected chi connectivity index (χ2v) is 4.14. The monoisotopic (exact) mass is 223 g/mol. The van der Waals surface area contributed by atoms with E-state index >= 15 is 0 Å². The first-order valence-corrected chi connectivity index (χ1v) is 5.68. The van der Waals surface area contributed by atoms with Gasteiger partial charge in [0.15, 0.2) is 0 Å². The van der Waals surface area contributed by atoms with Crippen molar-refractivity contribution < 1.29 is 9.84 Å². The third kappa shape index (κ3) is 2.97. The minimum atomic E-state index is -0.658. The Morgan fingerprint density at radius 2 is 2.12 bits per heavy atom. The summed E-state index contributed by atoms with van der Waals surface area (Å²) in [5.74, 6) is 0.699. The van der Waals surface area contributed by atoms with E-state index in [2.05, 4.69) is 6.92 Å². The van der Waals surface area contributed by atoms with Gasteiger partial charge in [-0.2, -0.15) is 0 Å². The molecule has 0 aliphatic carbocycles. The van der Waals surface area contributed by atoms with Crippen LogP contribution in [0.25, 0.3) is 0 Å². The van der Waals surface area contributed by atoms with Gasteiger partial charge in [-0.25, -0.2) is 0 Å². The quantitative estimate of drug-likeness (QED) is 0.804. The van der Waals surface area contributed by atoms with Crippen molar-refractivity contribution in [3.05, 3.63) is 29.3 Å². The van der Waals surface area contributed by atoms with Crippen LogP contribution in [-0.4, -0.2) is 18.3 Å². The Bertz CT molecular complexity index is 339. The van der Waals surface area contributed by atoms with E-state index in [-0.39, 0.29) is 6.04 Å². The molecule has 0 fully saturated rings. The fraction of sp³-hybridized carbons (Fsp3) is 0.538. The predicted molar refractivity (Wildman–Crippen MR) is 65.6 cm³/mol. The van der Waals surface area contributed by atoms with Gasteiger partial charge in [0, 0.05) is 11.6 Å². The number of methoxy groups -OCH3 is 1. The van der Waals surface area contributed by atoms with Crippen molar-refractivity contribution in [1.82, 2.24) is 0 Å². The van der Waals surface area contributed by atoms with Crippen molar-refractivity contribution in [1.29, 1.82) is 0 Å². The smallest absolute Gasteiger partial charge is 0.124 e. The Kier molecular flexibility index (Phi) is 4.77. The number of aryl methyl sites for hydroxylation is 1. The molecule has 1 aromatic rings. The van der Waals surface area contributed by atoms with E-state index in [0.29, 0.717) is 5.75 Å². The lowest BCUT2D eigenvalue weighted by atomic mass is 9.97. The van der Waals surface area contributed by atoms with Gasteiger partial charge < -0.3 is 15.6 Å². The molecular weight excluding hydrogens is 202 g/mol. The van der Waals surface area contributed by atoms with Gasteiger partial charge in [0.1, 0.15) is 5.75 Å². The number of ether oxygens (including phenoxy) is 1. The summed E-state index contributed by atoms with van der Waals surface area (Å²) >= 11 is 0. The molecule has 0 saturated heterocycles. The van der Waals surface area contributed by atoms with Gasteiger partial charge in [0.25, 0.3) is 0 Å². The minimum Gasteiger partial charge on any atom is -0.496 e. The first-order valence-electron chi connectivity index (χ1n) is 5.68. The largest absolute Gasteiger partial charge is 0.496 e. The van der Waals surface area contributed by atoms with Crippen LogP contribution in [0.5, 0.6) is 5.75 Å². The Labute approximate surface area is 97.2 Å². The number of aliphatic hydroxyl groups excluding tert-OH is 1. The molecule has 0 aliphatic heterocycles. The highest BCUT2D eigenvalue weighted by Gasteiger charge is 2.19. The summed E-state index contributed by atoms with van der Waals surface area (Å²) in [5, 5.41) is 10.2. The molecule has 0 radical (unpaired) electrons. The van der Waals surface area contributed by atoms with Gasteiger partial charge in [0.05, 0.1) is 13.2 Å². The molecule has 0 bridgehead atoms. The third-order valence-electron chi connectivity index (χ3n) is 2.73. The third-order valence-corrected chi connectivity index (χ3v) is 2.73. The zero-order valence-electron chi connectivity index (χ0n) is 10.2. The molecule has 1 aromatic carbocycles. The predicted octanol–water partition coefficient (Wildman–Crippen LogP) is 2.16. The van der Waals surface area contributed by atoms with E-state index in [1.54, 1.807) is 7.11 Å². The maximum Gasteiger partial charge on any atom is 0.124 e. The number of hydrogen-bond donors (Lipinski definition) is 2. The molecule has 0 amide bonds. The van der Waals surface area contributed by atoms with Crippen LogP contribution in [0.3, 0.4) is 0 Å². The lowest BCUT2D eigenvalue weighted by Gasteiger charge is -2.21. The van der Waals surface area contributed by atoms with Crippen LogP contribution >= 0.6 is 0 Å². The van der Waals surface area contributed by atoms with E-state index in [1.807, 2.05) is 25.1 Å². The molecule has 3 heteroatoms. The van der Waals surface area contributed by atoms with Crippen molar-refractivity contribution in [2.24, 2.45) is 5.73 Å². The highest BCUT2D eigenvalue weighted by Crippen LogP contribution is 2.28. The van der Waals surface area contributed by atoms with Gasteiger partial charge in [-0.1, -0.05) is 25.0 Å². The van der Waals surface area contributed by atoms with Crippen LogP contribution in [0.2, 0.25) is 0 Å². The highest BCUT2D eigenvalue weighted by atomic mass is 16.5. The Morgan fingerprint density at radius 3 is 2.69 bits per heavy atom. The summed E-state index contributed by atoms with van der Waals surface area (Å²) in [6, 6.07) is 5.52. The fourth-order valence-corrected chi connectivity index (χ4v) is 1.81. The van der Waals surface area contributed by atoms with E-state index in [9.17, 15) is 5.11 Å². The van der Waals surface area contributed by atoms with Crippen molar-refractivity contribution in [3.8, 4) is 5.75 Å². The van der Waals surface area contributed by atoms with Crippen molar-refractivity contribution in [3.63, 3.8) is 0 Å². The van der Waals surface area contributed by atoms with Crippen LogP contribution in [0.4, 0.5) is 0 Å². The second-order valence-electron chi connectivity index (χ2n) is 4.14. The molecule has 0 aromatic heterocycles. The van der Waals surface area contributed by atoms with Crippen LogP contribution in [0, 0.1) is 6.92 Å². The number of nitrogens with two attached hydrogens (primary N) is 1. The highest BCUT2D eigenvalue weighted by molar-refractivity contribution is 5.39. The summed E-state index contributed by atoms with van der Waals surface area (Å²) < 4.78 is 5.23. The first-order chi connectivity index (χ1) is 7.60. The van der Waals surface area contributed by atoms with Crippen LogP contribution in [0.1, 0.15) is 37.0 Å². The summed E-state index contributed by atoms with van der Waals surface area (Å²) in [5.41, 5.74) is 7.80. The number of benzene rings is 1. The van der Waals surface area contributed by atoms with Gasteiger partial charge in [-0.05, 0) is 25.5 Å². The second kappa shape index (κ2) is 5.87. The Morgan fingerprint density at radius 1 is 1.44 bits per heavy atom. The molecule has 16 heavy (non-hydrogen) atoms. The number of rotatable bonds is 5. The van der Waals surface area contributed by atoms with E-state index < -0.39 is 6.10 Å². The van der Waals surface area contributed by atoms with Gasteiger partial charge in [0.2, 0.25) is 0 Å². The molecule has 1 rings (SSSR count). The lowest BCUT2D eigenvalue weighted by molar-refractivity contribution is 0.138. The maximum atomic E-state index is 10.2. The molecule has 0 saturated carbocycles. The molecule has 3 N–H and O–H groups in total. The maximum absolute atomic E-state index is 10.2. The van der Waals surface area contributed by atoms with Crippen molar-refractivity contribution >= 4 is 0 Å². The molecule has 90 valence electrons. The Balaban J connectivity index is 2.96. The van der Waals surface area contributed by atoms with Crippen molar-refractivity contribution in [2.75, 3.05) is 7.11 Å². The molecular formula is C13H21NO2. The topological polar surface area (TPSA) is 55.5 Å². The summed E-state index contributed by atoms with van der Waals surface area (Å²) in [4.78, 5) is 0. The zero-order valence-corrected chi connectivity index (χ0v) is 10.2. The number of aliphatic hydroxyl groups is 1. The van der Waals surface area contributed by atoms with Crippen LogP contribution in [0.15, 0.2) is 18.2 Å². The average Bonchev–Trinajstić information content (AvgIpc) is 2.28. The number of hydrogen-bond acceptors (Lipinski definition) is 3. The molecule has 2 unspecified atom stereocenters. The van der Waals surface area contributed by atoms with Gasteiger partial charge >= 0.3 is 0 Å². The SMILES string of the molecule is CCCC(N)C(O)c1cc(C)ccc1OC. The molecule has 0 heterocycles. The molecule has 0 aliphatic rings. The summed E-state index contributed by atoms with van der Waals surface area (Å²) in [6.07, 6.45) is 1.11. The van der Waals surface area contributed by atoms with Gasteiger partial charge in [-0.3, -0.25) is 0 Å². The summed E-state index contributed by atoms with van der Waals surface area (Å²) in [6.45, 7) is 4.04. The average molecular weight is 223 g/mol. The molecule has 0 spiro atoms. The van der Waals surface area contributed by atoms with E-state index in [4.69, 9.17) is 10.5 Å². The zero-order chi connectivity index (χ0) is 12.1. The normalized spacial score (nSPS) is 14.6. The van der Waals surface area contributed by atoms with Gasteiger partial charge in [-0.15, -0.1) is 0 Å².